The molecule has 2 N–H and O–H groups in total. The summed E-state index contributed by atoms with van der Waals surface area (Å²) in [6.07, 6.45) is -6.47. The Labute approximate surface area is 221 Å². The number of nitrogens with one attached hydrogen (secondary N) is 2. The van der Waals surface area contributed by atoms with Gasteiger partial charge in [0.15, 0.2) is 10.8 Å². The van der Waals surface area contributed by atoms with Gasteiger partial charge in [-0.1, -0.05) is 22.4 Å². The maximum absolute atomic E-state index is 13.1. The van der Waals surface area contributed by atoms with Crippen molar-refractivity contribution in [2.45, 2.75) is 52.0 Å². The van der Waals surface area contributed by atoms with Crippen molar-refractivity contribution in [3.8, 4) is 5.69 Å². The zero-order valence-corrected chi connectivity index (χ0v) is 21.6. The zero-order valence-electron chi connectivity index (χ0n) is 20.1. The van der Waals surface area contributed by atoms with Crippen LogP contribution >= 0.6 is 12.2 Å². The van der Waals surface area contributed by atoms with Crippen molar-refractivity contribution in [3.63, 3.8) is 0 Å². The number of fused-ring (bicyclic) bond motifs is 1. The van der Waals surface area contributed by atoms with Crippen molar-refractivity contribution in [3.05, 3.63) is 70.3 Å². The summed E-state index contributed by atoms with van der Waals surface area (Å²) in [5, 5.41) is 10.0. The van der Waals surface area contributed by atoms with Gasteiger partial charge in [0.05, 0.1) is 17.7 Å². The molecule has 2 aromatic carbocycles. The molecule has 0 saturated carbocycles. The van der Waals surface area contributed by atoms with Gasteiger partial charge < -0.3 is 23.0 Å². The van der Waals surface area contributed by atoms with Gasteiger partial charge in [0, 0.05) is 12.1 Å². The Balaban J connectivity index is 0.00000380. The molecule has 200 valence electrons. The van der Waals surface area contributed by atoms with E-state index in [0.717, 1.165) is 41.0 Å². The summed E-state index contributed by atoms with van der Waals surface area (Å²) in [7, 11) is 0. The Morgan fingerprint density at radius 1 is 1.00 bits per heavy atom. The summed E-state index contributed by atoms with van der Waals surface area (Å²) < 4.78 is 82.5. The van der Waals surface area contributed by atoms with E-state index in [0.29, 0.717) is 18.7 Å². The molecule has 13 heteroatoms. The number of benzene rings is 2. The van der Waals surface area contributed by atoms with Gasteiger partial charge in [-0.15, -0.1) is 0 Å². The number of alkyl halides is 6. The maximum atomic E-state index is 13.1. The molecule has 1 aliphatic heterocycles. The second-order valence-electron chi connectivity index (χ2n) is 8.95. The minimum atomic E-state index is -4.93. The van der Waals surface area contributed by atoms with Crippen LogP contribution in [0.5, 0.6) is 0 Å². The van der Waals surface area contributed by atoms with Gasteiger partial charge in [-0.05, 0) is 73.8 Å². The summed E-state index contributed by atoms with van der Waals surface area (Å²) in [6, 6.07) is 5.41. The van der Waals surface area contributed by atoms with E-state index in [4.69, 9.17) is 17.3 Å². The van der Waals surface area contributed by atoms with Crippen LogP contribution in [0.3, 0.4) is 0 Å². The lowest BCUT2D eigenvalue weighted by Crippen LogP contribution is -3.00. The molecule has 1 aromatic heterocycles. The van der Waals surface area contributed by atoms with Gasteiger partial charge in [-0.25, -0.2) is 4.57 Å². The standard InChI is InChI=1S/C24H23F6N5S.ClH/c1-13-6-14(2)21(15(3)7-13)35-12-34-19(4-5-20(34)33-35)11-31-22(36)32-18-9-16(23(25,26)27)8-17(10-18)24(28,29)30;/h6-10,12,19H,4-5,11H2,1-3H3,(H-,31,32,36);1H/t19-;/m0./s1. The number of hydrogen-bond donors (Lipinski definition) is 2. The van der Waals surface area contributed by atoms with Gasteiger partial charge in [-0.3, -0.25) is 0 Å². The number of thiocarbonyl (C=S) groups is 1. The first-order valence-electron chi connectivity index (χ1n) is 11.1. The van der Waals surface area contributed by atoms with E-state index in [1.807, 2.05) is 36.3 Å². The summed E-state index contributed by atoms with van der Waals surface area (Å²) in [4.78, 5) is 0. The Kier molecular flexibility index (Phi) is 8.13. The van der Waals surface area contributed by atoms with Crippen LogP contribution in [-0.4, -0.2) is 21.3 Å². The topological polar surface area (TPSA) is 45.8 Å². The van der Waals surface area contributed by atoms with Crippen LogP contribution in [-0.2, 0) is 18.8 Å². The van der Waals surface area contributed by atoms with Crippen LogP contribution in [0, 0.1) is 20.8 Å². The van der Waals surface area contributed by atoms with Crippen molar-refractivity contribution < 1.29 is 43.4 Å². The molecule has 5 nitrogen and oxygen atoms in total. The Hall–Kier alpha value is -2.86. The molecule has 3 aromatic rings. The highest BCUT2D eigenvalue weighted by Gasteiger charge is 2.37. The molecule has 0 bridgehead atoms. The molecular formula is C24H24ClF6N5S. The average molecular weight is 564 g/mol. The van der Waals surface area contributed by atoms with Crippen molar-refractivity contribution in [2.75, 3.05) is 11.9 Å². The van der Waals surface area contributed by atoms with E-state index in [2.05, 4.69) is 22.8 Å². The van der Waals surface area contributed by atoms with Crippen molar-refractivity contribution in [1.82, 2.24) is 15.0 Å². The molecule has 0 aliphatic carbocycles. The smallest absolute Gasteiger partial charge is 0.416 e. The van der Waals surface area contributed by atoms with E-state index >= 15 is 0 Å². The lowest BCUT2D eigenvalue weighted by atomic mass is 10.1. The highest BCUT2D eigenvalue weighted by atomic mass is 35.5. The fourth-order valence-electron chi connectivity index (χ4n) is 4.56. The van der Waals surface area contributed by atoms with Crippen LogP contribution < -0.4 is 27.7 Å². The highest BCUT2D eigenvalue weighted by Crippen LogP contribution is 2.37. The summed E-state index contributed by atoms with van der Waals surface area (Å²) in [5.74, 6) is 0.882. The van der Waals surface area contributed by atoms with E-state index < -0.39 is 29.2 Å². The van der Waals surface area contributed by atoms with Crippen LogP contribution in [0.25, 0.3) is 5.69 Å². The molecule has 0 spiro atoms. The Bertz CT molecular complexity index is 1260. The predicted molar refractivity (Wildman–Crippen MR) is 126 cm³/mol. The number of nitrogens with zero attached hydrogens (tertiary/aromatic N) is 3. The molecule has 0 radical (unpaired) electrons. The molecular weight excluding hydrogens is 540 g/mol. The molecule has 37 heavy (non-hydrogen) atoms. The highest BCUT2D eigenvalue weighted by molar-refractivity contribution is 7.80. The van der Waals surface area contributed by atoms with Gasteiger partial charge in [0.1, 0.15) is 6.04 Å². The van der Waals surface area contributed by atoms with Gasteiger partial charge >= 0.3 is 12.4 Å². The van der Waals surface area contributed by atoms with E-state index in [9.17, 15) is 26.3 Å². The van der Waals surface area contributed by atoms with Crippen molar-refractivity contribution >= 4 is 23.0 Å². The van der Waals surface area contributed by atoms with Gasteiger partial charge in [0.25, 0.3) is 6.33 Å². The first-order valence-corrected chi connectivity index (χ1v) is 11.6. The molecule has 0 amide bonds. The molecule has 4 rings (SSSR count). The molecule has 0 fully saturated rings. The monoisotopic (exact) mass is 563 g/mol. The number of anilines is 1. The third-order valence-electron chi connectivity index (χ3n) is 6.06. The molecule has 1 aliphatic rings. The van der Waals surface area contributed by atoms with Crippen LogP contribution in [0.15, 0.2) is 36.7 Å². The van der Waals surface area contributed by atoms with Gasteiger partial charge in [0.2, 0.25) is 5.82 Å². The van der Waals surface area contributed by atoms with E-state index in [1.165, 1.54) is 0 Å². The molecule has 0 saturated heterocycles. The third kappa shape index (κ3) is 6.35. The fraction of sp³-hybridized carbons (Fsp3) is 0.375. The second kappa shape index (κ2) is 10.5. The fourth-order valence-corrected chi connectivity index (χ4v) is 4.76. The molecule has 1 atom stereocenters. The van der Waals surface area contributed by atoms with Crippen molar-refractivity contribution in [1.29, 1.82) is 0 Å². The minimum Gasteiger partial charge on any atom is -1.00 e. The lowest BCUT2D eigenvalue weighted by Gasteiger charge is -2.17. The van der Waals surface area contributed by atoms with Crippen molar-refractivity contribution in [2.24, 2.45) is 0 Å². The van der Waals surface area contributed by atoms with Gasteiger partial charge in [-0.2, -0.15) is 26.3 Å². The number of halogens is 7. The van der Waals surface area contributed by atoms with Crippen LogP contribution in [0.4, 0.5) is 32.0 Å². The first-order chi connectivity index (χ1) is 16.7. The predicted octanol–water partition coefficient (Wildman–Crippen LogP) is 2.60. The Morgan fingerprint density at radius 3 is 2.11 bits per heavy atom. The Morgan fingerprint density at radius 2 is 1.57 bits per heavy atom. The second-order valence-corrected chi connectivity index (χ2v) is 9.36. The number of hydrogen-bond acceptors (Lipinski definition) is 2. The SMILES string of the molecule is Cc1cc(C)c(-[n+]2cn3c(n2)CC[C@H]3CNC(=S)Nc2cc(C(F)(F)F)cc(C(F)(F)F)c2)c(C)c1.[Cl-]. The lowest BCUT2D eigenvalue weighted by molar-refractivity contribution is -0.658. The summed E-state index contributed by atoms with van der Waals surface area (Å²) in [6.45, 7) is 6.40. The zero-order chi connectivity index (χ0) is 26.4. The minimum absolute atomic E-state index is 0. The molecule has 0 unspecified atom stereocenters. The summed E-state index contributed by atoms with van der Waals surface area (Å²) >= 11 is 5.16. The van der Waals surface area contributed by atoms with Crippen LogP contribution in [0.1, 0.15) is 46.1 Å². The maximum Gasteiger partial charge on any atom is 0.416 e. The normalized spacial score (nSPS) is 15.2. The molecule has 2 heterocycles. The number of rotatable bonds is 4. The average Bonchev–Trinajstić information content (AvgIpc) is 3.31. The summed E-state index contributed by atoms with van der Waals surface area (Å²) in [5.41, 5.74) is 1.12. The number of aryl methyl sites for hydroxylation is 4. The first kappa shape index (κ1) is 28.7. The quantitative estimate of drug-likeness (QED) is 0.291. The van der Waals surface area contributed by atoms with E-state index in [-0.39, 0.29) is 29.6 Å². The van der Waals surface area contributed by atoms with Crippen LogP contribution in [0.2, 0.25) is 0 Å². The van der Waals surface area contributed by atoms with E-state index in [1.54, 1.807) is 0 Å². The largest absolute Gasteiger partial charge is 1.00 e. The number of aromatic nitrogens is 3. The third-order valence-corrected chi connectivity index (χ3v) is 6.30.